The van der Waals surface area contributed by atoms with Crippen molar-refractivity contribution in [2.45, 2.75) is 18.3 Å². The third kappa shape index (κ3) is 2.87. The van der Waals surface area contributed by atoms with Crippen LogP contribution in [0.25, 0.3) is 0 Å². The third-order valence-corrected chi connectivity index (χ3v) is 2.53. The van der Waals surface area contributed by atoms with Crippen molar-refractivity contribution in [3.8, 4) is 0 Å². The molecule has 0 fully saturated rings. The maximum absolute atomic E-state index is 10.9. The van der Waals surface area contributed by atoms with E-state index in [0.717, 1.165) is 5.56 Å². The van der Waals surface area contributed by atoms with Gasteiger partial charge in [0, 0.05) is 0 Å². The van der Waals surface area contributed by atoms with Gasteiger partial charge in [0.05, 0.1) is 0 Å². The SMILES string of the molecule is CC(=O)NC(C)([SeH])c1ccccc1. The van der Waals surface area contributed by atoms with Gasteiger partial charge in [-0.2, -0.15) is 0 Å². The number of benzene rings is 1. The Morgan fingerprint density at radius 3 is 2.38 bits per heavy atom. The molecule has 0 aromatic heterocycles. The normalized spacial score (nSPS) is 14.7. The second kappa shape index (κ2) is 3.95. The van der Waals surface area contributed by atoms with Gasteiger partial charge in [0.25, 0.3) is 0 Å². The summed E-state index contributed by atoms with van der Waals surface area (Å²) in [5.41, 5.74) is 1.09. The molecule has 0 bridgehead atoms. The zero-order valence-corrected chi connectivity index (χ0v) is 9.62. The van der Waals surface area contributed by atoms with E-state index in [-0.39, 0.29) is 10.3 Å². The molecule has 2 nitrogen and oxygen atoms in total. The van der Waals surface area contributed by atoms with Crippen LogP contribution >= 0.6 is 0 Å². The number of carbonyl (C=O) groups is 1. The van der Waals surface area contributed by atoms with Crippen molar-refractivity contribution in [2.75, 3.05) is 0 Å². The van der Waals surface area contributed by atoms with Crippen LogP contribution in [0, 0.1) is 0 Å². The van der Waals surface area contributed by atoms with E-state index in [9.17, 15) is 4.79 Å². The molecule has 3 heteroatoms. The molecule has 0 radical (unpaired) electrons. The standard InChI is InChI=1S/C10H13NOSe/c1-8(12)11-10(2,13)9-6-4-3-5-7-9/h3-7,13H,1-2H3,(H,11,12). The molecule has 1 rings (SSSR count). The molecule has 0 heterocycles. The van der Waals surface area contributed by atoms with Crippen LogP contribution in [-0.4, -0.2) is 21.9 Å². The summed E-state index contributed by atoms with van der Waals surface area (Å²) in [7, 11) is 0. The second-order valence-corrected chi connectivity index (χ2v) is 5.00. The van der Waals surface area contributed by atoms with Crippen molar-refractivity contribution < 1.29 is 4.79 Å². The molecule has 70 valence electrons. The molecule has 0 saturated heterocycles. The molecule has 13 heavy (non-hydrogen) atoms. The average Bonchev–Trinajstić information content (AvgIpc) is 2.04. The van der Waals surface area contributed by atoms with Crippen LogP contribution in [0.3, 0.4) is 0 Å². The number of hydrogen-bond acceptors (Lipinski definition) is 1. The molecular weight excluding hydrogens is 229 g/mol. The predicted molar refractivity (Wildman–Crippen MR) is 54.8 cm³/mol. The van der Waals surface area contributed by atoms with Crippen molar-refractivity contribution in [1.82, 2.24) is 5.32 Å². The topological polar surface area (TPSA) is 29.1 Å². The summed E-state index contributed by atoms with van der Waals surface area (Å²) in [6, 6.07) is 9.87. The number of carbonyl (C=O) groups excluding carboxylic acids is 1. The predicted octanol–water partition coefficient (Wildman–Crippen LogP) is 0.896. The van der Waals surface area contributed by atoms with Gasteiger partial charge in [0.15, 0.2) is 0 Å². The molecule has 1 unspecified atom stereocenters. The molecule has 1 N–H and O–H groups in total. The Morgan fingerprint density at radius 1 is 1.38 bits per heavy atom. The average molecular weight is 242 g/mol. The van der Waals surface area contributed by atoms with E-state index < -0.39 is 0 Å². The number of rotatable bonds is 2. The Hall–Kier alpha value is -0.791. The van der Waals surface area contributed by atoms with Crippen LogP contribution in [0.15, 0.2) is 30.3 Å². The monoisotopic (exact) mass is 243 g/mol. The van der Waals surface area contributed by atoms with Crippen LogP contribution in [0.2, 0.25) is 0 Å². The van der Waals surface area contributed by atoms with Gasteiger partial charge >= 0.3 is 86.2 Å². The molecule has 0 aliphatic carbocycles. The Morgan fingerprint density at radius 2 is 1.92 bits per heavy atom. The molecule has 1 amide bonds. The Balaban J connectivity index is 2.87. The summed E-state index contributed by atoms with van der Waals surface area (Å²) < 4.78 is -0.347. The molecule has 0 aliphatic heterocycles. The fourth-order valence-electron chi connectivity index (χ4n) is 1.18. The molecule has 0 saturated carbocycles. The first-order valence-electron chi connectivity index (χ1n) is 4.09. The van der Waals surface area contributed by atoms with Gasteiger partial charge in [-0.05, 0) is 0 Å². The molecule has 0 spiro atoms. The minimum atomic E-state index is -0.347. The maximum atomic E-state index is 10.9. The third-order valence-electron chi connectivity index (χ3n) is 1.76. The van der Waals surface area contributed by atoms with Crippen molar-refractivity contribution in [2.24, 2.45) is 0 Å². The van der Waals surface area contributed by atoms with Crippen molar-refractivity contribution in [3.05, 3.63) is 35.9 Å². The van der Waals surface area contributed by atoms with Gasteiger partial charge in [0.2, 0.25) is 0 Å². The summed E-state index contributed by atoms with van der Waals surface area (Å²) in [5.74, 6) is -0.0213. The van der Waals surface area contributed by atoms with Crippen molar-refractivity contribution in [3.63, 3.8) is 0 Å². The van der Waals surface area contributed by atoms with Gasteiger partial charge in [-0.1, -0.05) is 0 Å². The van der Waals surface area contributed by atoms with E-state index in [4.69, 9.17) is 0 Å². The molecule has 1 atom stereocenters. The van der Waals surface area contributed by atoms with E-state index >= 15 is 0 Å². The molecule has 1 aromatic carbocycles. The quantitative estimate of drug-likeness (QED) is 0.767. The van der Waals surface area contributed by atoms with Gasteiger partial charge in [0.1, 0.15) is 0 Å². The molecule has 0 aliphatic rings. The summed E-state index contributed by atoms with van der Waals surface area (Å²) in [6.45, 7) is 3.48. The Labute approximate surface area is 86.5 Å². The van der Waals surface area contributed by atoms with Gasteiger partial charge in [-0.15, -0.1) is 0 Å². The molecule has 1 aromatic rings. The van der Waals surface area contributed by atoms with Gasteiger partial charge < -0.3 is 0 Å². The van der Waals surface area contributed by atoms with Crippen LogP contribution in [0.5, 0.6) is 0 Å². The summed E-state index contributed by atoms with van der Waals surface area (Å²) >= 11 is 2.48. The zero-order valence-electron chi connectivity index (χ0n) is 7.74. The fourth-order valence-corrected chi connectivity index (χ4v) is 1.82. The Bertz CT molecular complexity index is 295. The number of amides is 1. The van der Waals surface area contributed by atoms with Gasteiger partial charge in [-0.25, -0.2) is 0 Å². The van der Waals surface area contributed by atoms with Crippen LogP contribution in [0.4, 0.5) is 0 Å². The van der Waals surface area contributed by atoms with Crippen LogP contribution in [0.1, 0.15) is 19.4 Å². The summed E-state index contributed by atoms with van der Waals surface area (Å²) in [4.78, 5) is 10.9. The van der Waals surface area contributed by atoms with Crippen LogP contribution in [-0.2, 0) is 9.23 Å². The van der Waals surface area contributed by atoms with Crippen LogP contribution < -0.4 is 5.32 Å². The van der Waals surface area contributed by atoms with E-state index in [0.29, 0.717) is 0 Å². The Kier molecular flexibility index (Phi) is 3.12. The first kappa shape index (κ1) is 10.3. The van der Waals surface area contributed by atoms with Crippen molar-refractivity contribution >= 4 is 21.9 Å². The first-order valence-corrected chi connectivity index (χ1v) is 5.03. The summed E-state index contributed by atoms with van der Waals surface area (Å²) in [5, 5.41) is 2.87. The molecular formula is C10H13NOSe. The summed E-state index contributed by atoms with van der Waals surface area (Å²) in [6.07, 6.45) is 0. The zero-order chi connectivity index (χ0) is 9.90. The van der Waals surface area contributed by atoms with Crippen molar-refractivity contribution in [1.29, 1.82) is 0 Å². The van der Waals surface area contributed by atoms with E-state index in [1.807, 2.05) is 37.3 Å². The van der Waals surface area contributed by atoms with E-state index in [2.05, 4.69) is 21.3 Å². The fraction of sp³-hybridized carbons (Fsp3) is 0.300. The number of hydrogen-bond donors (Lipinski definition) is 1. The second-order valence-electron chi connectivity index (χ2n) is 3.12. The van der Waals surface area contributed by atoms with E-state index in [1.165, 1.54) is 6.92 Å². The van der Waals surface area contributed by atoms with E-state index in [1.54, 1.807) is 0 Å². The number of nitrogens with one attached hydrogen (secondary N) is 1. The first-order chi connectivity index (χ1) is 6.02. The minimum absolute atomic E-state index is 0.0213. The van der Waals surface area contributed by atoms with Gasteiger partial charge in [-0.3, -0.25) is 0 Å².